The van der Waals surface area contributed by atoms with Crippen LogP contribution in [0.2, 0.25) is 0 Å². The van der Waals surface area contributed by atoms with Crippen LogP contribution in [0.5, 0.6) is 5.75 Å². The Bertz CT molecular complexity index is 1860. The molecule has 0 saturated carbocycles. The van der Waals surface area contributed by atoms with Gasteiger partial charge in [0.25, 0.3) is 5.91 Å². The number of ether oxygens (including phenoxy) is 1. The third-order valence-electron chi connectivity index (χ3n) is 8.58. The van der Waals surface area contributed by atoms with Crippen molar-refractivity contribution >= 4 is 27.8 Å². The number of nitrogens with one attached hydrogen (secondary N) is 1. The number of H-pyrrole nitrogens is 1. The molecule has 0 spiro atoms. The maximum atomic E-state index is 13.9. The van der Waals surface area contributed by atoms with E-state index in [-0.39, 0.29) is 17.9 Å². The Kier molecular flexibility index (Phi) is 7.67. The zero-order valence-corrected chi connectivity index (χ0v) is 26.5. The Morgan fingerprint density at radius 3 is 2.43 bits per heavy atom. The molecular weight excluding hydrogens is 556 g/mol. The number of rotatable bonds is 6. The van der Waals surface area contributed by atoms with Crippen molar-refractivity contribution in [1.82, 2.24) is 29.9 Å². The molecule has 0 unspecified atom stereocenters. The van der Waals surface area contributed by atoms with Crippen molar-refractivity contribution in [3.63, 3.8) is 0 Å². The van der Waals surface area contributed by atoms with Crippen LogP contribution in [0.4, 0.5) is 0 Å². The van der Waals surface area contributed by atoms with Crippen molar-refractivity contribution in [1.29, 1.82) is 0 Å². The molecule has 4 heterocycles. The lowest BCUT2D eigenvalue weighted by Crippen LogP contribution is -2.49. The summed E-state index contributed by atoms with van der Waals surface area (Å²) in [5, 5.41) is 15.3. The van der Waals surface area contributed by atoms with E-state index < -0.39 is 0 Å². The van der Waals surface area contributed by atoms with E-state index in [1.165, 1.54) is 0 Å². The molecule has 1 aliphatic heterocycles. The van der Waals surface area contributed by atoms with Crippen molar-refractivity contribution in [3.8, 4) is 28.1 Å². The highest BCUT2D eigenvalue weighted by Crippen LogP contribution is 2.42. The topological polar surface area (TPSA) is 121 Å². The van der Waals surface area contributed by atoms with Gasteiger partial charge in [0.05, 0.1) is 36.1 Å². The van der Waals surface area contributed by atoms with Crippen LogP contribution in [0.25, 0.3) is 44.3 Å². The largest absolute Gasteiger partial charge is 0.496 e. The van der Waals surface area contributed by atoms with Crippen LogP contribution in [0.3, 0.4) is 0 Å². The molecule has 2 aromatic carbocycles. The van der Waals surface area contributed by atoms with Crippen molar-refractivity contribution in [3.05, 3.63) is 58.7 Å². The number of aromatic nitrogens is 4. The highest BCUT2D eigenvalue weighted by atomic mass is 16.5. The van der Waals surface area contributed by atoms with Crippen LogP contribution < -0.4 is 4.74 Å². The van der Waals surface area contributed by atoms with Crippen molar-refractivity contribution in [2.24, 2.45) is 0 Å². The number of amides is 1. The number of aryl methyl sites for hydroxylation is 3. The van der Waals surface area contributed by atoms with E-state index in [4.69, 9.17) is 19.2 Å². The third-order valence-corrected chi connectivity index (χ3v) is 8.58. The minimum Gasteiger partial charge on any atom is -0.496 e. The molecule has 0 atom stereocenters. The minimum absolute atomic E-state index is 0.00715. The molecule has 1 fully saturated rings. The number of β-amino-alcohol motifs (C(OH)–C–C–N with tert-alkyl or cyclic N) is 1. The number of carbonyl (C=O) groups is 1. The quantitative estimate of drug-likeness (QED) is 0.267. The molecule has 44 heavy (non-hydrogen) atoms. The van der Waals surface area contributed by atoms with Gasteiger partial charge in [-0.2, -0.15) is 0 Å². The van der Waals surface area contributed by atoms with Gasteiger partial charge in [-0.05, 0) is 62.1 Å². The number of benzene rings is 2. The zero-order chi connectivity index (χ0) is 31.3. The Balaban J connectivity index is 1.52. The van der Waals surface area contributed by atoms with Gasteiger partial charge in [-0.1, -0.05) is 25.9 Å². The summed E-state index contributed by atoms with van der Waals surface area (Å²) in [4.78, 5) is 31.2. The number of nitrogens with zero attached hydrogens (tertiary/aromatic N) is 5. The maximum Gasteiger partial charge on any atom is 0.253 e. The smallest absolute Gasteiger partial charge is 0.253 e. The van der Waals surface area contributed by atoms with Gasteiger partial charge in [0, 0.05) is 60.3 Å². The predicted molar refractivity (Wildman–Crippen MR) is 171 cm³/mol. The van der Waals surface area contributed by atoms with Gasteiger partial charge in [-0.15, -0.1) is 0 Å². The van der Waals surface area contributed by atoms with Gasteiger partial charge in [-0.25, -0.2) is 9.97 Å². The molecule has 1 amide bonds. The monoisotopic (exact) mass is 596 g/mol. The lowest BCUT2D eigenvalue weighted by molar-refractivity contribution is 0.0615. The van der Waals surface area contributed by atoms with Gasteiger partial charge in [0.15, 0.2) is 0 Å². The van der Waals surface area contributed by atoms with E-state index in [0.29, 0.717) is 36.8 Å². The lowest BCUT2D eigenvalue weighted by Gasteiger charge is -2.34. The standard InChI is InChI=1S/C34H40N6O4/c1-19-29(20(2)44-38-19)26-17-27-25(18-28(26)43-7)30-31(35-21(3)36-32(30)37-27)22-14-23(16-24(15-22)34(4,5)6)33(42)40-10-8-39(9-11-40)12-13-41/h14-18,41H,8-13H2,1-7H3,(H,35,36,37). The second-order valence-electron chi connectivity index (χ2n) is 12.7. The number of carbonyl (C=O) groups excluding carboxylic acids is 1. The number of fused-ring (bicyclic) bond motifs is 3. The Morgan fingerprint density at radius 2 is 1.80 bits per heavy atom. The lowest BCUT2D eigenvalue weighted by atomic mass is 9.84. The maximum absolute atomic E-state index is 13.9. The SMILES string of the molecule is COc1cc2c(cc1-c1c(C)noc1C)[nH]c1nc(C)nc(-c3cc(C(=O)N4CCN(CCO)CC4)cc(C(C)(C)C)c3)c12. The first kappa shape index (κ1) is 29.8. The number of aliphatic hydroxyl groups excluding tert-OH is 1. The first-order chi connectivity index (χ1) is 21.0. The number of methoxy groups -OCH3 is 1. The number of aliphatic hydroxyl groups is 1. The van der Waals surface area contributed by atoms with E-state index in [0.717, 1.165) is 74.4 Å². The molecule has 1 aliphatic rings. The molecule has 10 nitrogen and oxygen atoms in total. The number of aromatic amines is 1. The van der Waals surface area contributed by atoms with Gasteiger partial charge in [-0.3, -0.25) is 9.69 Å². The fraction of sp³-hybridized carbons (Fsp3) is 0.412. The van der Waals surface area contributed by atoms with Crippen LogP contribution in [0.15, 0.2) is 34.9 Å². The average Bonchev–Trinajstić information content (AvgIpc) is 3.52. The average molecular weight is 597 g/mol. The predicted octanol–water partition coefficient (Wildman–Crippen LogP) is 5.41. The molecule has 1 saturated heterocycles. The van der Waals surface area contributed by atoms with Crippen LogP contribution in [0.1, 0.15) is 54.0 Å². The molecule has 5 aromatic rings. The highest BCUT2D eigenvalue weighted by Gasteiger charge is 2.26. The minimum atomic E-state index is -0.196. The molecule has 0 radical (unpaired) electrons. The first-order valence-electron chi connectivity index (χ1n) is 15.1. The van der Waals surface area contributed by atoms with E-state index in [1.54, 1.807) is 7.11 Å². The summed E-state index contributed by atoms with van der Waals surface area (Å²) in [6, 6.07) is 10.2. The second kappa shape index (κ2) is 11.3. The van der Waals surface area contributed by atoms with Gasteiger partial charge >= 0.3 is 0 Å². The summed E-state index contributed by atoms with van der Waals surface area (Å²) < 4.78 is 11.3. The van der Waals surface area contributed by atoms with Crippen molar-refractivity contribution in [2.45, 2.75) is 47.0 Å². The van der Waals surface area contributed by atoms with Crippen molar-refractivity contribution in [2.75, 3.05) is 46.4 Å². The number of hydrogen-bond donors (Lipinski definition) is 2. The molecule has 10 heteroatoms. The van der Waals surface area contributed by atoms with Crippen LogP contribution in [-0.4, -0.2) is 87.4 Å². The molecule has 0 aliphatic carbocycles. The van der Waals surface area contributed by atoms with E-state index in [9.17, 15) is 9.90 Å². The molecular formula is C34H40N6O4. The summed E-state index contributed by atoms with van der Waals surface area (Å²) in [6.45, 7) is 15.7. The number of hydrogen-bond acceptors (Lipinski definition) is 8. The fourth-order valence-electron chi connectivity index (χ4n) is 6.20. The molecule has 6 rings (SSSR count). The molecule has 2 N–H and O–H groups in total. The second-order valence-corrected chi connectivity index (χ2v) is 12.7. The summed E-state index contributed by atoms with van der Waals surface area (Å²) in [5.41, 5.74) is 7.32. The van der Waals surface area contributed by atoms with Crippen LogP contribution in [0, 0.1) is 20.8 Å². The summed E-state index contributed by atoms with van der Waals surface area (Å²) >= 11 is 0. The first-order valence-corrected chi connectivity index (χ1v) is 15.1. The summed E-state index contributed by atoms with van der Waals surface area (Å²) in [7, 11) is 1.66. The van der Waals surface area contributed by atoms with Crippen molar-refractivity contribution < 1.29 is 19.2 Å². The normalized spacial score (nSPS) is 14.6. The zero-order valence-electron chi connectivity index (χ0n) is 26.5. The fourth-order valence-corrected chi connectivity index (χ4v) is 6.20. The third kappa shape index (κ3) is 5.33. The van der Waals surface area contributed by atoms with Crippen LogP contribution in [-0.2, 0) is 5.41 Å². The Hall–Kier alpha value is -4.28. The van der Waals surface area contributed by atoms with Gasteiger partial charge in [0.2, 0.25) is 0 Å². The van der Waals surface area contributed by atoms with Gasteiger partial charge < -0.3 is 24.3 Å². The summed E-state index contributed by atoms with van der Waals surface area (Å²) in [5.74, 6) is 2.05. The molecule has 230 valence electrons. The molecule has 0 bridgehead atoms. The van der Waals surface area contributed by atoms with E-state index in [2.05, 4.69) is 47.9 Å². The van der Waals surface area contributed by atoms with E-state index >= 15 is 0 Å². The van der Waals surface area contributed by atoms with Crippen LogP contribution >= 0.6 is 0 Å². The Labute approximate surface area is 257 Å². The number of piperazine rings is 1. The Morgan fingerprint density at radius 1 is 1.05 bits per heavy atom. The molecule has 3 aromatic heterocycles. The highest BCUT2D eigenvalue weighted by molar-refractivity contribution is 6.14. The summed E-state index contributed by atoms with van der Waals surface area (Å²) in [6.07, 6.45) is 0. The van der Waals surface area contributed by atoms with Gasteiger partial charge in [0.1, 0.15) is 23.0 Å². The van der Waals surface area contributed by atoms with E-state index in [1.807, 2.05) is 43.9 Å².